The minimum Gasteiger partial charge on any atom is -0.486 e. The summed E-state index contributed by atoms with van der Waals surface area (Å²) >= 11 is 0. The first-order valence-corrected chi connectivity index (χ1v) is 11.5. The number of benzene rings is 2. The maximum atomic E-state index is 12.9. The summed E-state index contributed by atoms with van der Waals surface area (Å²) in [5.74, 6) is -1.00. The van der Waals surface area contributed by atoms with Gasteiger partial charge in [0, 0.05) is 17.6 Å². The summed E-state index contributed by atoms with van der Waals surface area (Å²) in [5, 5.41) is 0. The second-order valence-corrected chi connectivity index (χ2v) is 10.4. The molecular weight excluding hydrogens is 428 g/mol. The number of hydrogen-bond acceptors (Lipinski definition) is 5. The predicted octanol–water partition coefficient (Wildman–Crippen LogP) is 5.48. The highest BCUT2D eigenvalue weighted by molar-refractivity contribution is 5.95. The summed E-state index contributed by atoms with van der Waals surface area (Å²) in [7, 11) is 0. The molecule has 0 aliphatic carbocycles. The van der Waals surface area contributed by atoms with Crippen LogP contribution in [0.2, 0.25) is 0 Å². The summed E-state index contributed by atoms with van der Waals surface area (Å²) in [5.41, 5.74) is 2.74. The van der Waals surface area contributed by atoms with Crippen molar-refractivity contribution in [3.63, 3.8) is 0 Å². The van der Waals surface area contributed by atoms with Crippen LogP contribution in [0.1, 0.15) is 69.7 Å². The first kappa shape index (κ1) is 27.0. The van der Waals surface area contributed by atoms with E-state index in [4.69, 9.17) is 9.47 Å². The second kappa shape index (κ2) is 11.3. The van der Waals surface area contributed by atoms with Crippen molar-refractivity contribution in [2.45, 2.75) is 64.7 Å². The number of carbonyl (C=O) groups excluding carboxylic acids is 3. The molecule has 0 aliphatic rings. The van der Waals surface area contributed by atoms with E-state index in [0.717, 1.165) is 23.0 Å². The number of carbonyl (C=O) groups is 3. The van der Waals surface area contributed by atoms with E-state index in [1.54, 1.807) is 0 Å². The topological polar surface area (TPSA) is 69.7 Å². The van der Waals surface area contributed by atoms with Crippen LogP contribution in [-0.2, 0) is 36.4 Å². The summed E-state index contributed by atoms with van der Waals surface area (Å²) in [6.45, 7) is 16.2. The molecule has 5 nitrogen and oxygen atoms in total. The Morgan fingerprint density at radius 1 is 0.971 bits per heavy atom. The highest BCUT2D eigenvalue weighted by Crippen LogP contribution is 2.44. The monoisotopic (exact) mass is 464 g/mol. The molecule has 1 unspecified atom stereocenters. The first-order chi connectivity index (χ1) is 15.9. The van der Waals surface area contributed by atoms with Gasteiger partial charge in [-0.25, -0.2) is 4.79 Å². The van der Waals surface area contributed by atoms with Crippen LogP contribution >= 0.6 is 0 Å². The Hall–Kier alpha value is -3.21. The highest BCUT2D eigenvalue weighted by atomic mass is 16.5. The van der Waals surface area contributed by atoms with Gasteiger partial charge in [0.15, 0.2) is 6.29 Å². The van der Waals surface area contributed by atoms with Crippen molar-refractivity contribution in [2.75, 3.05) is 13.2 Å². The molecule has 2 aromatic rings. The quantitative estimate of drug-likeness (QED) is 0.264. The van der Waals surface area contributed by atoms with E-state index < -0.39 is 17.3 Å². The molecule has 1 atom stereocenters. The van der Waals surface area contributed by atoms with Gasteiger partial charge >= 0.3 is 5.97 Å². The number of hydrogen-bond donors (Lipinski definition) is 0. The zero-order chi connectivity index (χ0) is 25.5. The van der Waals surface area contributed by atoms with Crippen LogP contribution in [-0.4, -0.2) is 31.8 Å². The first-order valence-electron chi connectivity index (χ1n) is 11.5. The molecule has 0 heterocycles. The van der Waals surface area contributed by atoms with E-state index in [1.807, 2.05) is 84.0 Å². The minimum atomic E-state index is -0.910. The van der Waals surface area contributed by atoms with Crippen LogP contribution in [0.3, 0.4) is 0 Å². The lowest BCUT2D eigenvalue weighted by atomic mass is 9.71. The maximum Gasteiger partial charge on any atom is 0.334 e. The van der Waals surface area contributed by atoms with Crippen LogP contribution in [0, 0.1) is 0 Å². The molecule has 0 spiro atoms. The number of aldehydes is 2. The SMILES string of the molecule is C=C(C(=O)OCCc1ccccc1)C(C=O)c1c(C(C)(C)C)ccc(OCC=O)c1C(C)(C)C. The lowest BCUT2D eigenvalue weighted by Gasteiger charge is -2.34. The summed E-state index contributed by atoms with van der Waals surface area (Å²) in [4.78, 5) is 36.4. The van der Waals surface area contributed by atoms with E-state index in [9.17, 15) is 14.4 Å². The van der Waals surface area contributed by atoms with Gasteiger partial charge in [0.25, 0.3) is 0 Å². The molecule has 34 heavy (non-hydrogen) atoms. The third kappa shape index (κ3) is 6.66. The molecule has 0 radical (unpaired) electrons. The van der Waals surface area contributed by atoms with Gasteiger partial charge in [-0.3, -0.25) is 4.79 Å². The largest absolute Gasteiger partial charge is 0.486 e. The van der Waals surface area contributed by atoms with Crippen molar-refractivity contribution >= 4 is 18.5 Å². The molecule has 2 aromatic carbocycles. The van der Waals surface area contributed by atoms with E-state index in [1.165, 1.54) is 0 Å². The van der Waals surface area contributed by atoms with Crippen LogP contribution in [0.15, 0.2) is 54.6 Å². The average molecular weight is 465 g/mol. The molecule has 0 aliphatic heterocycles. The third-order valence-corrected chi connectivity index (χ3v) is 5.62. The van der Waals surface area contributed by atoms with Crippen molar-refractivity contribution in [1.29, 1.82) is 0 Å². The lowest BCUT2D eigenvalue weighted by molar-refractivity contribution is -0.139. The molecule has 0 N–H and O–H groups in total. The van der Waals surface area contributed by atoms with Crippen LogP contribution < -0.4 is 4.74 Å². The Balaban J connectivity index is 2.48. The van der Waals surface area contributed by atoms with Gasteiger partial charge < -0.3 is 14.3 Å². The molecule has 0 aromatic heterocycles. The van der Waals surface area contributed by atoms with Gasteiger partial charge in [0.05, 0.1) is 12.5 Å². The van der Waals surface area contributed by atoms with E-state index in [0.29, 0.717) is 24.0 Å². The molecule has 0 saturated heterocycles. The molecule has 0 bridgehead atoms. The summed E-state index contributed by atoms with van der Waals surface area (Å²) in [6.07, 6.45) is 2.00. The minimum absolute atomic E-state index is 0.0756. The lowest BCUT2D eigenvalue weighted by Crippen LogP contribution is -2.27. The van der Waals surface area contributed by atoms with Crippen molar-refractivity contribution in [1.82, 2.24) is 0 Å². The fraction of sp³-hybridized carbons (Fsp3) is 0.414. The molecule has 5 heteroatoms. The molecule has 0 saturated carbocycles. The Morgan fingerprint density at radius 2 is 1.62 bits per heavy atom. The van der Waals surface area contributed by atoms with Gasteiger partial charge in [0.1, 0.15) is 18.6 Å². The number of esters is 1. The van der Waals surface area contributed by atoms with Crippen molar-refractivity contribution in [3.05, 3.63) is 76.9 Å². The van der Waals surface area contributed by atoms with Gasteiger partial charge in [-0.2, -0.15) is 0 Å². The van der Waals surface area contributed by atoms with Gasteiger partial charge in [0.2, 0.25) is 0 Å². The van der Waals surface area contributed by atoms with Gasteiger partial charge in [-0.1, -0.05) is 84.5 Å². The Bertz CT molecular complexity index is 1020. The summed E-state index contributed by atoms with van der Waals surface area (Å²) < 4.78 is 11.2. The fourth-order valence-corrected chi connectivity index (χ4v) is 4.04. The van der Waals surface area contributed by atoms with Crippen LogP contribution in [0.5, 0.6) is 5.75 Å². The normalized spacial score (nSPS) is 12.5. The molecule has 0 fully saturated rings. The van der Waals surface area contributed by atoms with E-state index >= 15 is 0 Å². The smallest absolute Gasteiger partial charge is 0.334 e. The zero-order valence-corrected chi connectivity index (χ0v) is 21.1. The maximum absolute atomic E-state index is 12.9. The Kier molecular flexibility index (Phi) is 8.97. The molecule has 182 valence electrons. The predicted molar refractivity (Wildman–Crippen MR) is 134 cm³/mol. The third-order valence-electron chi connectivity index (χ3n) is 5.62. The number of ether oxygens (including phenoxy) is 2. The van der Waals surface area contributed by atoms with Crippen molar-refractivity contribution in [2.24, 2.45) is 0 Å². The Morgan fingerprint density at radius 3 is 2.15 bits per heavy atom. The fourth-order valence-electron chi connectivity index (χ4n) is 4.04. The molecule has 0 amide bonds. The second-order valence-electron chi connectivity index (χ2n) is 10.4. The Labute approximate surface area is 203 Å². The molecular formula is C29H36O5. The van der Waals surface area contributed by atoms with Crippen molar-refractivity contribution < 1.29 is 23.9 Å². The van der Waals surface area contributed by atoms with Crippen molar-refractivity contribution in [3.8, 4) is 5.75 Å². The van der Waals surface area contributed by atoms with E-state index in [2.05, 4.69) is 6.58 Å². The zero-order valence-electron chi connectivity index (χ0n) is 21.1. The van der Waals surface area contributed by atoms with Gasteiger partial charge in [-0.05, 0) is 33.6 Å². The summed E-state index contributed by atoms with van der Waals surface area (Å²) in [6, 6.07) is 13.4. The highest BCUT2D eigenvalue weighted by Gasteiger charge is 2.35. The van der Waals surface area contributed by atoms with Gasteiger partial charge in [-0.15, -0.1) is 0 Å². The van der Waals surface area contributed by atoms with Crippen LogP contribution in [0.25, 0.3) is 0 Å². The standard InChI is InChI=1S/C29H36O5/c1-20(27(32)34-17-15-21-11-9-8-10-12-21)22(19-31)25-23(28(2,3)4)13-14-24(33-18-16-30)26(25)29(5,6)7/h8-14,16,19,22H,1,15,17-18H2,2-7H3. The average Bonchev–Trinajstić information content (AvgIpc) is 2.77. The van der Waals surface area contributed by atoms with E-state index in [-0.39, 0.29) is 24.2 Å². The number of rotatable bonds is 10. The van der Waals surface area contributed by atoms with Crippen LogP contribution in [0.4, 0.5) is 0 Å². The molecule has 2 rings (SSSR count).